The summed E-state index contributed by atoms with van der Waals surface area (Å²) in [5.41, 5.74) is 3.16. The van der Waals surface area contributed by atoms with Crippen LogP contribution in [-0.2, 0) is 5.54 Å². The summed E-state index contributed by atoms with van der Waals surface area (Å²) in [5, 5.41) is 14.9. The van der Waals surface area contributed by atoms with Crippen molar-refractivity contribution in [3.05, 3.63) is 75.3 Å². The number of nitro groups is 1. The minimum atomic E-state index is -0.304. The van der Waals surface area contributed by atoms with Crippen molar-refractivity contribution in [2.75, 3.05) is 0 Å². The predicted molar refractivity (Wildman–Crippen MR) is 91.4 cm³/mol. The van der Waals surface area contributed by atoms with Crippen molar-refractivity contribution >= 4 is 5.69 Å². The molecule has 0 unspecified atom stereocenters. The Morgan fingerprint density at radius 3 is 2.43 bits per heavy atom. The van der Waals surface area contributed by atoms with Crippen LogP contribution in [0.15, 0.2) is 48.5 Å². The van der Waals surface area contributed by atoms with Crippen LogP contribution in [0.4, 0.5) is 5.69 Å². The van der Waals surface area contributed by atoms with Crippen LogP contribution < -0.4 is 5.32 Å². The van der Waals surface area contributed by atoms with Crippen LogP contribution in [-0.4, -0.2) is 4.92 Å². The van der Waals surface area contributed by atoms with Crippen molar-refractivity contribution in [1.29, 1.82) is 0 Å². The number of hydrogen-bond acceptors (Lipinski definition) is 3. The first kappa shape index (κ1) is 15.7. The van der Waals surface area contributed by atoms with E-state index in [9.17, 15) is 10.1 Å². The molecular weight excluding hydrogens is 288 g/mol. The Labute approximate surface area is 136 Å². The first-order valence-electron chi connectivity index (χ1n) is 8.10. The van der Waals surface area contributed by atoms with Crippen LogP contribution in [0.2, 0.25) is 0 Å². The Bertz CT molecular complexity index is 709. The molecule has 0 aromatic heterocycles. The second kappa shape index (κ2) is 6.13. The Kier molecular flexibility index (Phi) is 4.18. The summed E-state index contributed by atoms with van der Waals surface area (Å²) in [4.78, 5) is 10.9. The van der Waals surface area contributed by atoms with Crippen molar-refractivity contribution in [3.8, 4) is 0 Å². The van der Waals surface area contributed by atoms with E-state index in [1.807, 2.05) is 18.2 Å². The maximum atomic E-state index is 11.2. The van der Waals surface area contributed by atoms with E-state index >= 15 is 0 Å². The van der Waals surface area contributed by atoms with Crippen LogP contribution in [0.1, 0.15) is 48.9 Å². The van der Waals surface area contributed by atoms with E-state index in [1.165, 1.54) is 12.0 Å². The topological polar surface area (TPSA) is 55.2 Å². The molecule has 23 heavy (non-hydrogen) atoms. The molecule has 1 aliphatic carbocycles. The number of aryl methyl sites for hydroxylation is 1. The van der Waals surface area contributed by atoms with Gasteiger partial charge in [0, 0.05) is 23.2 Å². The van der Waals surface area contributed by atoms with Gasteiger partial charge in [-0.15, -0.1) is 0 Å². The first-order valence-corrected chi connectivity index (χ1v) is 8.10. The Balaban J connectivity index is 1.85. The fourth-order valence-electron chi connectivity index (χ4n) is 3.39. The van der Waals surface area contributed by atoms with E-state index in [1.54, 1.807) is 13.0 Å². The van der Waals surface area contributed by atoms with Gasteiger partial charge in [0.05, 0.1) is 4.92 Å². The summed E-state index contributed by atoms with van der Waals surface area (Å²) in [6, 6.07) is 16.1. The Morgan fingerprint density at radius 2 is 1.87 bits per heavy atom. The van der Waals surface area contributed by atoms with E-state index in [0.717, 1.165) is 18.4 Å². The maximum absolute atomic E-state index is 11.2. The van der Waals surface area contributed by atoms with Gasteiger partial charge in [-0.25, -0.2) is 0 Å². The second-order valence-electron chi connectivity index (χ2n) is 6.47. The SMILES string of the molecule is Cc1ccc([C@H](C)NC2(c3ccccc3)CCC2)cc1[N+](=O)[O-]. The zero-order valence-corrected chi connectivity index (χ0v) is 13.6. The molecule has 0 amide bonds. The van der Waals surface area contributed by atoms with Crippen LogP contribution in [0.5, 0.6) is 0 Å². The Hall–Kier alpha value is -2.20. The van der Waals surface area contributed by atoms with Crippen LogP contribution in [0.3, 0.4) is 0 Å². The summed E-state index contributed by atoms with van der Waals surface area (Å²) < 4.78 is 0. The molecule has 120 valence electrons. The summed E-state index contributed by atoms with van der Waals surface area (Å²) in [6.07, 6.45) is 3.42. The van der Waals surface area contributed by atoms with Crippen LogP contribution >= 0.6 is 0 Å². The molecule has 0 saturated heterocycles. The van der Waals surface area contributed by atoms with Crippen molar-refractivity contribution in [3.63, 3.8) is 0 Å². The lowest BCUT2D eigenvalue weighted by Gasteiger charge is -2.45. The average molecular weight is 310 g/mol. The normalized spacial score (nSPS) is 17.3. The van der Waals surface area contributed by atoms with Gasteiger partial charge >= 0.3 is 0 Å². The summed E-state index contributed by atoms with van der Waals surface area (Å²) in [7, 11) is 0. The molecule has 0 bridgehead atoms. The first-order chi connectivity index (χ1) is 11.0. The zero-order valence-electron chi connectivity index (χ0n) is 13.6. The van der Waals surface area contributed by atoms with Crippen LogP contribution in [0, 0.1) is 17.0 Å². The fraction of sp³-hybridized carbons (Fsp3) is 0.368. The van der Waals surface area contributed by atoms with Gasteiger partial charge in [0.2, 0.25) is 0 Å². The second-order valence-corrected chi connectivity index (χ2v) is 6.47. The van der Waals surface area contributed by atoms with Crippen molar-refractivity contribution in [2.45, 2.75) is 44.7 Å². The fourth-order valence-corrected chi connectivity index (χ4v) is 3.39. The molecule has 1 N–H and O–H groups in total. The van der Waals surface area contributed by atoms with Gasteiger partial charge in [-0.1, -0.05) is 42.5 Å². The van der Waals surface area contributed by atoms with Crippen molar-refractivity contribution in [2.24, 2.45) is 0 Å². The standard InChI is InChI=1S/C19H22N2O2/c1-14-9-10-16(13-18(14)21(22)23)15(2)20-19(11-6-12-19)17-7-4-3-5-8-17/h3-5,7-10,13,15,20H,6,11-12H2,1-2H3/t15-/m0/s1. The highest BCUT2D eigenvalue weighted by Crippen LogP contribution is 2.43. The van der Waals surface area contributed by atoms with E-state index in [0.29, 0.717) is 5.56 Å². The summed E-state index contributed by atoms with van der Waals surface area (Å²) in [5.74, 6) is 0. The molecule has 0 spiro atoms. The average Bonchev–Trinajstić information content (AvgIpc) is 2.51. The van der Waals surface area contributed by atoms with Gasteiger partial charge in [-0.05, 0) is 44.2 Å². The molecule has 1 fully saturated rings. The third kappa shape index (κ3) is 2.99. The molecule has 4 nitrogen and oxygen atoms in total. The molecule has 0 heterocycles. The van der Waals surface area contributed by atoms with Gasteiger partial charge in [-0.3, -0.25) is 10.1 Å². The van der Waals surface area contributed by atoms with Gasteiger partial charge in [0.15, 0.2) is 0 Å². The van der Waals surface area contributed by atoms with Gasteiger partial charge in [-0.2, -0.15) is 0 Å². The third-order valence-electron chi connectivity index (χ3n) is 4.96. The van der Waals surface area contributed by atoms with E-state index in [-0.39, 0.29) is 22.2 Å². The number of nitro benzene ring substituents is 1. The molecule has 4 heteroatoms. The number of benzene rings is 2. The minimum absolute atomic E-state index is 0.000340. The molecule has 2 aromatic carbocycles. The summed E-state index contributed by atoms with van der Waals surface area (Å²) >= 11 is 0. The number of nitrogens with one attached hydrogen (secondary N) is 1. The lowest BCUT2D eigenvalue weighted by Crippen LogP contribution is -2.49. The van der Waals surface area contributed by atoms with Crippen molar-refractivity contribution in [1.82, 2.24) is 5.32 Å². The van der Waals surface area contributed by atoms with E-state index in [4.69, 9.17) is 0 Å². The quantitative estimate of drug-likeness (QED) is 0.647. The van der Waals surface area contributed by atoms with E-state index in [2.05, 4.69) is 36.5 Å². The predicted octanol–water partition coefficient (Wildman–Crippen LogP) is 4.63. The number of hydrogen-bond donors (Lipinski definition) is 1. The number of nitrogens with zero attached hydrogens (tertiary/aromatic N) is 1. The molecule has 1 aliphatic rings. The molecule has 2 aromatic rings. The van der Waals surface area contributed by atoms with Gasteiger partial charge in [0.25, 0.3) is 5.69 Å². The lowest BCUT2D eigenvalue weighted by atomic mass is 9.71. The highest BCUT2D eigenvalue weighted by Gasteiger charge is 2.39. The molecule has 1 saturated carbocycles. The highest BCUT2D eigenvalue weighted by atomic mass is 16.6. The zero-order chi connectivity index (χ0) is 16.4. The minimum Gasteiger partial charge on any atom is -0.301 e. The number of rotatable bonds is 5. The smallest absolute Gasteiger partial charge is 0.272 e. The van der Waals surface area contributed by atoms with Crippen LogP contribution in [0.25, 0.3) is 0 Å². The van der Waals surface area contributed by atoms with Gasteiger partial charge in [0.1, 0.15) is 0 Å². The molecular formula is C19H22N2O2. The molecule has 0 radical (unpaired) electrons. The summed E-state index contributed by atoms with van der Waals surface area (Å²) in [6.45, 7) is 3.86. The van der Waals surface area contributed by atoms with E-state index < -0.39 is 0 Å². The molecule has 3 rings (SSSR count). The van der Waals surface area contributed by atoms with Crippen molar-refractivity contribution < 1.29 is 4.92 Å². The van der Waals surface area contributed by atoms with Gasteiger partial charge < -0.3 is 5.32 Å². The Morgan fingerprint density at radius 1 is 1.17 bits per heavy atom. The molecule has 0 aliphatic heterocycles. The largest absolute Gasteiger partial charge is 0.301 e. The molecule has 1 atom stereocenters. The lowest BCUT2D eigenvalue weighted by molar-refractivity contribution is -0.385. The monoisotopic (exact) mass is 310 g/mol. The highest BCUT2D eigenvalue weighted by molar-refractivity contribution is 5.43. The maximum Gasteiger partial charge on any atom is 0.272 e. The third-order valence-corrected chi connectivity index (χ3v) is 4.96.